The van der Waals surface area contributed by atoms with Crippen molar-refractivity contribution >= 4 is 11.7 Å². The maximum Gasteiger partial charge on any atom is 0.422 e. The van der Waals surface area contributed by atoms with Crippen molar-refractivity contribution in [2.45, 2.75) is 32.5 Å². The molecule has 0 atom stereocenters. The molecule has 5 nitrogen and oxygen atoms in total. The Morgan fingerprint density at radius 1 is 1.32 bits per heavy atom. The van der Waals surface area contributed by atoms with Gasteiger partial charge in [0.15, 0.2) is 6.61 Å². The number of urea groups is 1. The van der Waals surface area contributed by atoms with Crippen LogP contribution in [0.5, 0.6) is 5.75 Å². The van der Waals surface area contributed by atoms with Crippen molar-refractivity contribution in [2.75, 3.05) is 18.5 Å². The number of aryl methyl sites for hydroxylation is 1. The lowest BCUT2D eigenvalue weighted by Gasteiger charge is -2.24. The highest BCUT2D eigenvalue weighted by Crippen LogP contribution is 2.28. The molecule has 0 spiro atoms. The second-order valence-electron chi connectivity index (χ2n) is 5.52. The van der Waals surface area contributed by atoms with Gasteiger partial charge >= 0.3 is 12.2 Å². The zero-order valence-electron chi connectivity index (χ0n) is 12.5. The third-order valence-electron chi connectivity index (χ3n) is 2.62. The Morgan fingerprint density at radius 2 is 1.95 bits per heavy atom. The summed E-state index contributed by atoms with van der Waals surface area (Å²) in [7, 11) is 0. The number of carbonyl (C=O) groups excluding carboxylic acids is 1. The number of hydrogen-bond donors (Lipinski definition) is 3. The molecule has 1 aromatic rings. The quantitative estimate of drug-likeness (QED) is 0.781. The van der Waals surface area contributed by atoms with Crippen molar-refractivity contribution in [3.63, 3.8) is 0 Å². The zero-order valence-corrected chi connectivity index (χ0v) is 12.5. The molecule has 0 heterocycles. The minimum Gasteiger partial charge on any atom is -0.482 e. The monoisotopic (exact) mass is 320 g/mol. The number of alkyl halides is 3. The van der Waals surface area contributed by atoms with E-state index in [-0.39, 0.29) is 18.0 Å². The summed E-state index contributed by atoms with van der Waals surface area (Å²) in [6.07, 6.45) is -4.47. The van der Waals surface area contributed by atoms with Gasteiger partial charge in [-0.25, -0.2) is 4.79 Å². The highest BCUT2D eigenvalue weighted by Gasteiger charge is 2.29. The van der Waals surface area contributed by atoms with Gasteiger partial charge in [0, 0.05) is 0 Å². The van der Waals surface area contributed by atoms with Crippen molar-refractivity contribution in [2.24, 2.45) is 0 Å². The normalized spacial score (nSPS) is 12.0. The van der Waals surface area contributed by atoms with Crippen LogP contribution in [-0.2, 0) is 0 Å². The molecule has 0 aliphatic rings. The third kappa shape index (κ3) is 6.21. The molecule has 0 saturated heterocycles. The minimum absolute atomic E-state index is 0.0747. The summed E-state index contributed by atoms with van der Waals surface area (Å²) >= 11 is 0. The molecule has 0 radical (unpaired) electrons. The van der Waals surface area contributed by atoms with E-state index in [1.165, 1.54) is 12.1 Å². The molecule has 0 aliphatic carbocycles. The summed E-state index contributed by atoms with van der Waals surface area (Å²) in [4.78, 5) is 11.8. The number of anilines is 1. The molecular weight excluding hydrogens is 301 g/mol. The molecule has 124 valence electrons. The predicted molar refractivity (Wildman–Crippen MR) is 76.0 cm³/mol. The molecule has 0 aliphatic heterocycles. The molecule has 1 rings (SSSR count). The average Bonchev–Trinajstić information content (AvgIpc) is 2.37. The Morgan fingerprint density at radius 3 is 2.50 bits per heavy atom. The maximum atomic E-state index is 12.3. The van der Waals surface area contributed by atoms with Crippen molar-refractivity contribution in [3.05, 3.63) is 23.8 Å². The molecule has 0 unspecified atom stereocenters. The van der Waals surface area contributed by atoms with Crippen LogP contribution in [0.2, 0.25) is 0 Å². The van der Waals surface area contributed by atoms with E-state index < -0.39 is 24.4 Å². The van der Waals surface area contributed by atoms with Crippen LogP contribution in [0.4, 0.5) is 23.7 Å². The van der Waals surface area contributed by atoms with E-state index in [2.05, 4.69) is 10.6 Å². The first-order chi connectivity index (χ1) is 10.0. The van der Waals surface area contributed by atoms with E-state index in [9.17, 15) is 18.0 Å². The van der Waals surface area contributed by atoms with Crippen LogP contribution in [0.3, 0.4) is 0 Å². The van der Waals surface area contributed by atoms with Crippen molar-refractivity contribution in [3.8, 4) is 5.75 Å². The topological polar surface area (TPSA) is 70.6 Å². The fourth-order valence-electron chi connectivity index (χ4n) is 1.51. The number of rotatable bonds is 5. The Kier molecular flexibility index (Phi) is 5.65. The number of halogens is 3. The van der Waals surface area contributed by atoms with E-state index in [1.54, 1.807) is 26.8 Å². The lowest BCUT2D eigenvalue weighted by atomic mass is 10.1. The number of carbonyl (C=O) groups is 1. The summed E-state index contributed by atoms with van der Waals surface area (Å²) in [5.74, 6) is -0.0747. The summed E-state index contributed by atoms with van der Waals surface area (Å²) in [5, 5.41) is 14.0. The summed E-state index contributed by atoms with van der Waals surface area (Å²) in [6.45, 7) is 3.16. The van der Waals surface area contributed by atoms with Gasteiger partial charge in [0.05, 0.1) is 17.8 Å². The van der Waals surface area contributed by atoms with Gasteiger partial charge in [0.1, 0.15) is 5.75 Å². The fraction of sp³-hybridized carbons (Fsp3) is 0.500. The van der Waals surface area contributed by atoms with Crippen molar-refractivity contribution in [1.29, 1.82) is 0 Å². The molecule has 2 amide bonds. The number of aliphatic hydroxyl groups is 1. The Balaban J connectivity index is 2.83. The Hall–Kier alpha value is -1.96. The van der Waals surface area contributed by atoms with Gasteiger partial charge in [0.2, 0.25) is 0 Å². The van der Waals surface area contributed by atoms with Crippen LogP contribution >= 0.6 is 0 Å². The van der Waals surface area contributed by atoms with Crippen LogP contribution in [0.25, 0.3) is 0 Å². The van der Waals surface area contributed by atoms with E-state index in [4.69, 9.17) is 9.84 Å². The SMILES string of the molecule is Cc1ccc(NC(=O)NC(C)(C)CO)c(OCC(F)(F)F)c1. The number of benzene rings is 1. The second kappa shape index (κ2) is 6.87. The molecule has 3 N–H and O–H groups in total. The number of hydrogen-bond acceptors (Lipinski definition) is 3. The van der Waals surface area contributed by atoms with Gasteiger partial charge in [-0.05, 0) is 38.5 Å². The number of aliphatic hydroxyl groups excluding tert-OH is 1. The first kappa shape index (κ1) is 18.1. The predicted octanol–water partition coefficient (Wildman–Crippen LogP) is 2.83. The number of ether oxygens (including phenoxy) is 1. The highest BCUT2D eigenvalue weighted by atomic mass is 19.4. The van der Waals surface area contributed by atoms with E-state index in [1.807, 2.05) is 0 Å². The zero-order chi connectivity index (χ0) is 17.0. The first-order valence-electron chi connectivity index (χ1n) is 6.53. The lowest BCUT2D eigenvalue weighted by molar-refractivity contribution is -0.153. The number of amides is 2. The highest BCUT2D eigenvalue weighted by molar-refractivity contribution is 5.91. The smallest absolute Gasteiger partial charge is 0.422 e. The van der Waals surface area contributed by atoms with Gasteiger partial charge in [-0.1, -0.05) is 6.07 Å². The van der Waals surface area contributed by atoms with Gasteiger partial charge < -0.3 is 20.5 Å². The molecule has 0 bridgehead atoms. The van der Waals surface area contributed by atoms with Crippen LogP contribution in [-0.4, -0.2) is 36.1 Å². The largest absolute Gasteiger partial charge is 0.482 e. The Labute approximate surface area is 126 Å². The van der Waals surface area contributed by atoms with Crippen LogP contribution in [0.15, 0.2) is 18.2 Å². The van der Waals surface area contributed by atoms with Gasteiger partial charge in [-0.2, -0.15) is 13.2 Å². The number of nitrogens with one attached hydrogen (secondary N) is 2. The van der Waals surface area contributed by atoms with Crippen LogP contribution < -0.4 is 15.4 Å². The average molecular weight is 320 g/mol. The van der Waals surface area contributed by atoms with E-state index >= 15 is 0 Å². The van der Waals surface area contributed by atoms with Crippen molar-refractivity contribution < 1.29 is 27.8 Å². The summed E-state index contributed by atoms with van der Waals surface area (Å²) in [5.41, 5.74) is -0.0539. The summed E-state index contributed by atoms with van der Waals surface area (Å²) < 4.78 is 41.5. The molecular formula is C14H19F3N2O3. The van der Waals surface area contributed by atoms with Gasteiger partial charge in [-0.15, -0.1) is 0 Å². The van der Waals surface area contributed by atoms with E-state index in [0.717, 1.165) is 0 Å². The van der Waals surface area contributed by atoms with Crippen molar-refractivity contribution in [1.82, 2.24) is 5.32 Å². The standard InChI is InChI=1S/C14H19F3N2O3/c1-9-4-5-10(11(6-9)22-8-14(15,16)17)18-12(21)19-13(2,3)7-20/h4-6,20H,7-8H2,1-3H3,(H2,18,19,21). The van der Waals surface area contributed by atoms with Gasteiger partial charge in [-0.3, -0.25) is 0 Å². The first-order valence-corrected chi connectivity index (χ1v) is 6.53. The molecule has 22 heavy (non-hydrogen) atoms. The maximum absolute atomic E-state index is 12.3. The fourth-order valence-corrected chi connectivity index (χ4v) is 1.51. The summed E-state index contributed by atoms with van der Waals surface area (Å²) in [6, 6.07) is 3.83. The Bertz CT molecular complexity index is 531. The minimum atomic E-state index is -4.47. The lowest BCUT2D eigenvalue weighted by Crippen LogP contribution is -2.48. The van der Waals surface area contributed by atoms with Crippen LogP contribution in [0, 0.1) is 6.92 Å². The molecule has 1 aromatic carbocycles. The van der Waals surface area contributed by atoms with Crippen LogP contribution in [0.1, 0.15) is 19.4 Å². The third-order valence-corrected chi connectivity index (χ3v) is 2.62. The van der Waals surface area contributed by atoms with Gasteiger partial charge in [0.25, 0.3) is 0 Å². The van der Waals surface area contributed by atoms with E-state index in [0.29, 0.717) is 5.56 Å². The molecule has 0 aromatic heterocycles. The molecule has 0 saturated carbocycles. The molecule has 0 fully saturated rings. The second-order valence-corrected chi connectivity index (χ2v) is 5.52. The molecule has 8 heteroatoms.